The monoisotopic (exact) mass is 537 g/mol. The molecule has 0 spiro atoms. The summed E-state index contributed by atoms with van der Waals surface area (Å²) in [5.41, 5.74) is 8.38. The Kier molecular flexibility index (Phi) is 8.29. The molecule has 0 saturated carbocycles. The Morgan fingerprint density at radius 1 is 1.02 bits per heavy atom. The number of benzene rings is 3. The van der Waals surface area contributed by atoms with E-state index in [0.29, 0.717) is 26.0 Å². The molecule has 2 heterocycles. The number of carbonyl (C=O) groups is 2. The molecule has 0 aliphatic carbocycles. The summed E-state index contributed by atoms with van der Waals surface area (Å²) in [5.74, 6) is 0.166. The molecule has 0 unspecified atom stereocenters. The van der Waals surface area contributed by atoms with Crippen LogP contribution in [0.15, 0.2) is 73.1 Å². The van der Waals surface area contributed by atoms with E-state index < -0.39 is 5.97 Å². The molecular weight excluding hydrogens is 502 g/mol. The summed E-state index contributed by atoms with van der Waals surface area (Å²) in [6.07, 6.45) is 6.81. The molecule has 40 heavy (non-hydrogen) atoms. The lowest BCUT2D eigenvalue weighted by atomic mass is 9.93. The van der Waals surface area contributed by atoms with Crippen LogP contribution in [0.3, 0.4) is 0 Å². The molecular formula is C33H35N3O4. The fourth-order valence-electron chi connectivity index (χ4n) is 5.36. The summed E-state index contributed by atoms with van der Waals surface area (Å²) >= 11 is 0. The minimum absolute atomic E-state index is 0.00296. The zero-order valence-electron chi connectivity index (χ0n) is 23.1. The maximum absolute atomic E-state index is 13.3. The third kappa shape index (κ3) is 6.25. The van der Waals surface area contributed by atoms with Crippen molar-refractivity contribution in [2.45, 2.75) is 52.5 Å². The Balaban J connectivity index is 1.25. The van der Waals surface area contributed by atoms with Gasteiger partial charge in [-0.2, -0.15) is 5.10 Å². The van der Waals surface area contributed by atoms with E-state index in [1.807, 2.05) is 70.5 Å². The fraction of sp³-hybridized carbons (Fsp3) is 0.303. The first-order chi connectivity index (χ1) is 19.4. The van der Waals surface area contributed by atoms with Gasteiger partial charge in [0.15, 0.2) is 0 Å². The number of nitrogens with zero attached hydrogens (tertiary/aromatic N) is 3. The van der Waals surface area contributed by atoms with E-state index in [1.54, 1.807) is 0 Å². The maximum Gasteiger partial charge on any atom is 0.307 e. The van der Waals surface area contributed by atoms with Crippen LogP contribution in [0.25, 0.3) is 11.1 Å². The van der Waals surface area contributed by atoms with Gasteiger partial charge in [-0.05, 0) is 78.6 Å². The molecule has 0 saturated heterocycles. The molecule has 0 fully saturated rings. The Hall–Kier alpha value is -4.39. The van der Waals surface area contributed by atoms with Gasteiger partial charge in [0.2, 0.25) is 5.91 Å². The molecule has 1 aliphatic heterocycles. The Morgan fingerprint density at radius 3 is 2.67 bits per heavy atom. The topological polar surface area (TPSA) is 84.7 Å². The zero-order chi connectivity index (χ0) is 28.1. The van der Waals surface area contributed by atoms with Crippen LogP contribution in [0.5, 0.6) is 5.75 Å². The second-order valence-corrected chi connectivity index (χ2v) is 10.4. The summed E-state index contributed by atoms with van der Waals surface area (Å²) in [6, 6.07) is 19.8. The van der Waals surface area contributed by atoms with Crippen LogP contribution in [-0.2, 0) is 29.0 Å². The number of aromatic nitrogens is 2. The second-order valence-electron chi connectivity index (χ2n) is 10.4. The van der Waals surface area contributed by atoms with Crippen molar-refractivity contribution in [2.75, 3.05) is 18.1 Å². The number of carbonyl (C=O) groups excluding carboxylic acids is 1. The largest absolute Gasteiger partial charge is 0.493 e. The van der Waals surface area contributed by atoms with Crippen molar-refractivity contribution in [3.8, 4) is 16.9 Å². The van der Waals surface area contributed by atoms with Crippen LogP contribution in [0.1, 0.15) is 47.1 Å². The smallest absolute Gasteiger partial charge is 0.307 e. The Labute approximate surface area is 235 Å². The fourth-order valence-corrected chi connectivity index (χ4v) is 5.36. The summed E-state index contributed by atoms with van der Waals surface area (Å²) < 4.78 is 7.84. The number of rotatable bonds is 10. The van der Waals surface area contributed by atoms with Crippen LogP contribution in [0.4, 0.5) is 5.69 Å². The standard InChI is InChI=1S/C33H35N3O4/c1-23-8-3-14-31(24(23)2)40-17-7-15-32(37)36-16-6-12-29-28(11-5-13-30(29)36)27-20-34-35(22-27)21-26-10-4-9-25(18-26)19-33(38)39/h3-5,8-11,13-14,18,20,22H,6-7,12,15-17,19,21H2,1-2H3,(H,38,39). The van der Waals surface area contributed by atoms with Crippen LogP contribution in [-0.4, -0.2) is 39.9 Å². The number of aliphatic carboxylic acids is 1. The third-order valence-corrected chi connectivity index (χ3v) is 7.53. The van der Waals surface area contributed by atoms with Gasteiger partial charge in [0.1, 0.15) is 5.75 Å². The molecule has 1 amide bonds. The van der Waals surface area contributed by atoms with Gasteiger partial charge in [-0.25, -0.2) is 0 Å². The summed E-state index contributed by atoms with van der Waals surface area (Å²) in [5, 5.41) is 13.7. The SMILES string of the molecule is Cc1cccc(OCCCC(=O)N2CCCc3c(-c4cnn(Cc5cccc(CC(=O)O)c5)c4)cccc32)c1C. The number of ether oxygens (including phenoxy) is 1. The van der Waals surface area contributed by atoms with Gasteiger partial charge in [-0.15, -0.1) is 0 Å². The molecule has 0 atom stereocenters. The zero-order valence-corrected chi connectivity index (χ0v) is 23.1. The maximum atomic E-state index is 13.3. The second kappa shape index (κ2) is 12.2. The quantitative estimate of drug-likeness (QED) is 0.252. The number of anilines is 1. The van der Waals surface area contributed by atoms with Crippen molar-refractivity contribution in [3.05, 3.63) is 101 Å². The van der Waals surface area contributed by atoms with Crippen LogP contribution in [0.2, 0.25) is 0 Å². The minimum atomic E-state index is -0.842. The molecule has 1 aromatic heterocycles. The summed E-state index contributed by atoms with van der Waals surface area (Å²) in [6.45, 7) is 5.91. The van der Waals surface area contributed by atoms with Gasteiger partial charge in [-0.1, -0.05) is 48.5 Å². The minimum Gasteiger partial charge on any atom is -0.493 e. The van der Waals surface area contributed by atoms with E-state index in [-0.39, 0.29) is 12.3 Å². The average molecular weight is 538 g/mol. The van der Waals surface area contributed by atoms with E-state index in [1.165, 1.54) is 11.1 Å². The van der Waals surface area contributed by atoms with E-state index in [0.717, 1.165) is 58.6 Å². The predicted molar refractivity (Wildman–Crippen MR) is 156 cm³/mol. The van der Waals surface area contributed by atoms with Crippen molar-refractivity contribution >= 4 is 17.6 Å². The van der Waals surface area contributed by atoms with E-state index >= 15 is 0 Å². The highest BCUT2D eigenvalue weighted by atomic mass is 16.5. The van der Waals surface area contributed by atoms with Crippen LogP contribution in [0, 0.1) is 13.8 Å². The molecule has 7 heteroatoms. The number of aryl methyl sites for hydroxylation is 1. The number of amides is 1. The van der Waals surface area contributed by atoms with Gasteiger partial charge in [0, 0.05) is 30.4 Å². The summed E-state index contributed by atoms with van der Waals surface area (Å²) in [7, 11) is 0. The lowest BCUT2D eigenvalue weighted by Gasteiger charge is -2.31. The van der Waals surface area contributed by atoms with Gasteiger partial charge < -0.3 is 14.7 Å². The molecule has 206 valence electrons. The molecule has 0 bridgehead atoms. The van der Waals surface area contributed by atoms with Gasteiger partial charge in [0.05, 0.1) is 25.8 Å². The van der Waals surface area contributed by atoms with Crippen molar-refractivity contribution in [3.63, 3.8) is 0 Å². The molecule has 1 N–H and O–H groups in total. The number of hydrogen-bond acceptors (Lipinski definition) is 4. The normalized spacial score (nSPS) is 12.7. The molecule has 5 rings (SSSR count). The van der Waals surface area contributed by atoms with E-state index in [4.69, 9.17) is 9.84 Å². The third-order valence-electron chi connectivity index (χ3n) is 7.53. The predicted octanol–water partition coefficient (Wildman–Crippen LogP) is 5.98. The van der Waals surface area contributed by atoms with Crippen molar-refractivity contribution in [1.82, 2.24) is 9.78 Å². The van der Waals surface area contributed by atoms with E-state index in [2.05, 4.69) is 31.1 Å². The molecule has 1 aliphatic rings. The number of carboxylic acid groups (broad SMARTS) is 1. The molecule has 4 aromatic rings. The van der Waals surface area contributed by atoms with Crippen molar-refractivity contribution in [2.24, 2.45) is 0 Å². The van der Waals surface area contributed by atoms with Crippen molar-refractivity contribution in [1.29, 1.82) is 0 Å². The lowest BCUT2D eigenvalue weighted by Crippen LogP contribution is -2.35. The first-order valence-electron chi connectivity index (χ1n) is 13.8. The Morgan fingerprint density at radius 2 is 1.82 bits per heavy atom. The first-order valence-corrected chi connectivity index (χ1v) is 13.8. The highest BCUT2D eigenvalue weighted by Crippen LogP contribution is 2.36. The van der Waals surface area contributed by atoms with E-state index in [9.17, 15) is 9.59 Å². The highest BCUT2D eigenvalue weighted by molar-refractivity contribution is 5.96. The lowest BCUT2D eigenvalue weighted by molar-refractivity contribution is -0.136. The molecule has 7 nitrogen and oxygen atoms in total. The average Bonchev–Trinajstić information content (AvgIpc) is 3.40. The van der Waals surface area contributed by atoms with Gasteiger partial charge >= 0.3 is 5.97 Å². The molecule has 0 radical (unpaired) electrons. The van der Waals surface area contributed by atoms with Crippen LogP contribution < -0.4 is 9.64 Å². The Bertz CT molecular complexity index is 1520. The molecule has 3 aromatic carbocycles. The van der Waals surface area contributed by atoms with Crippen LogP contribution >= 0.6 is 0 Å². The van der Waals surface area contributed by atoms with Crippen molar-refractivity contribution < 1.29 is 19.4 Å². The highest BCUT2D eigenvalue weighted by Gasteiger charge is 2.24. The van der Waals surface area contributed by atoms with Gasteiger partial charge in [0.25, 0.3) is 0 Å². The number of carboxylic acids is 1. The number of hydrogen-bond donors (Lipinski definition) is 1. The summed E-state index contributed by atoms with van der Waals surface area (Å²) in [4.78, 5) is 26.3. The van der Waals surface area contributed by atoms with Gasteiger partial charge in [-0.3, -0.25) is 14.3 Å². The first kappa shape index (κ1) is 27.2. The number of fused-ring (bicyclic) bond motifs is 1.